The molecule has 1 saturated heterocycles. The van der Waals surface area contributed by atoms with Crippen LogP contribution in [0.3, 0.4) is 0 Å². The summed E-state index contributed by atoms with van der Waals surface area (Å²) in [5, 5.41) is 6.96. The minimum absolute atomic E-state index is 0.104. The summed E-state index contributed by atoms with van der Waals surface area (Å²) in [5.41, 5.74) is 1.46. The molecule has 3 rings (SSSR count). The third kappa shape index (κ3) is 4.65. The average molecular weight is 341 g/mol. The molecule has 0 bridgehead atoms. The number of nitrogens with one attached hydrogen (secondary N) is 1. The van der Waals surface area contributed by atoms with Crippen LogP contribution in [0.2, 0.25) is 0 Å². The molecule has 0 unspecified atom stereocenters. The minimum atomic E-state index is -0.104. The molecule has 0 radical (unpaired) electrons. The summed E-state index contributed by atoms with van der Waals surface area (Å²) in [5.74, 6) is 0.139. The maximum atomic E-state index is 12.2. The summed E-state index contributed by atoms with van der Waals surface area (Å²) in [6, 6.07) is 7.20. The van der Waals surface area contributed by atoms with E-state index in [4.69, 9.17) is 0 Å². The van der Waals surface area contributed by atoms with Crippen molar-refractivity contribution in [3.8, 4) is 5.69 Å². The molecule has 7 nitrogen and oxygen atoms in total. The van der Waals surface area contributed by atoms with Gasteiger partial charge in [0.15, 0.2) is 0 Å². The van der Waals surface area contributed by atoms with Crippen molar-refractivity contribution in [3.63, 3.8) is 0 Å². The van der Waals surface area contributed by atoms with Crippen molar-refractivity contribution in [3.05, 3.63) is 42.5 Å². The minimum Gasteiger partial charge on any atom is -0.352 e. The Labute approximate surface area is 147 Å². The number of nitrogens with zero attached hydrogens (tertiary/aromatic N) is 4. The van der Waals surface area contributed by atoms with Crippen molar-refractivity contribution in [1.82, 2.24) is 25.0 Å². The number of likely N-dealkylation sites (tertiary alicyclic amines) is 1. The highest BCUT2D eigenvalue weighted by Crippen LogP contribution is 2.11. The van der Waals surface area contributed by atoms with E-state index in [0.717, 1.165) is 37.9 Å². The molecule has 1 fully saturated rings. The van der Waals surface area contributed by atoms with Crippen LogP contribution in [-0.2, 0) is 4.79 Å². The van der Waals surface area contributed by atoms with Gasteiger partial charge in [0.25, 0.3) is 5.91 Å². The number of aromatic nitrogens is 3. The van der Waals surface area contributed by atoms with Crippen LogP contribution in [0, 0.1) is 0 Å². The zero-order valence-corrected chi connectivity index (χ0v) is 14.2. The van der Waals surface area contributed by atoms with Gasteiger partial charge in [0.05, 0.1) is 5.69 Å². The first-order chi connectivity index (χ1) is 12.2. The molecule has 2 amide bonds. The number of hydrogen-bond donors (Lipinski definition) is 1. The standard InChI is InChI=1S/C18H23N5O2/c24-17-5-2-1-3-11-22(17)12-4-10-20-18(25)15-6-8-16(9-7-15)23-14-19-13-21-23/h6-9,13-14H,1-5,10-12H2,(H,20,25). The van der Waals surface area contributed by atoms with Gasteiger partial charge in [-0.2, -0.15) is 5.10 Å². The Kier molecular flexibility index (Phi) is 5.77. The van der Waals surface area contributed by atoms with Crippen LogP contribution < -0.4 is 5.32 Å². The van der Waals surface area contributed by atoms with Crippen molar-refractivity contribution in [2.45, 2.75) is 32.1 Å². The third-order valence-corrected chi connectivity index (χ3v) is 4.37. The molecule has 1 aromatic heterocycles. The summed E-state index contributed by atoms with van der Waals surface area (Å²) in [6.45, 7) is 2.12. The lowest BCUT2D eigenvalue weighted by Crippen LogP contribution is -2.34. The Morgan fingerprint density at radius 3 is 2.76 bits per heavy atom. The Bertz CT molecular complexity index is 697. The predicted octanol–water partition coefficient (Wildman–Crippen LogP) is 1.79. The van der Waals surface area contributed by atoms with Crippen molar-refractivity contribution in [1.29, 1.82) is 0 Å². The maximum absolute atomic E-state index is 12.2. The summed E-state index contributed by atoms with van der Waals surface area (Å²) < 4.78 is 1.64. The molecule has 1 N–H and O–H groups in total. The van der Waals surface area contributed by atoms with E-state index in [-0.39, 0.29) is 11.8 Å². The van der Waals surface area contributed by atoms with E-state index in [2.05, 4.69) is 15.4 Å². The Hall–Kier alpha value is -2.70. The Morgan fingerprint density at radius 2 is 2.00 bits per heavy atom. The third-order valence-electron chi connectivity index (χ3n) is 4.37. The number of amides is 2. The second-order valence-corrected chi connectivity index (χ2v) is 6.19. The lowest BCUT2D eigenvalue weighted by molar-refractivity contribution is -0.130. The van der Waals surface area contributed by atoms with Crippen molar-refractivity contribution in [2.75, 3.05) is 19.6 Å². The average Bonchev–Trinajstić information content (AvgIpc) is 3.10. The van der Waals surface area contributed by atoms with Crippen molar-refractivity contribution >= 4 is 11.8 Å². The van der Waals surface area contributed by atoms with Gasteiger partial charge >= 0.3 is 0 Å². The van der Waals surface area contributed by atoms with E-state index >= 15 is 0 Å². The Balaban J connectivity index is 1.44. The van der Waals surface area contributed by atoms with Gasteiger partial charge < -0.3 is 10.2 Å². The molecule has 1 aliphatic rings. The van der Waals surface area contributed by atoms with E-state index in [1.807, 2.05) is 17.0 Å². The number of carbonyl (C=O) groups is 2. The van der Waals surface area contributed by atoms with Gasteiger partial charge in [-0.25, -0.2) is 9.67 Å². The normalized spacial score (nSPS) is 15.0. The number of hydrogen-bond acceptors (Lipinski definition) is 4. The molecular weight excluding hydrogens is 318 g/mol. The number of carbonyl (C=O) groups excluding carboxylic acids is 2. The topological polar surface area (TPSA) is 80.1 Å². The van der Waals surface area contributed by atoms with Gasteiger partial charge in [-0.3, -0.25) is 9.59 Å². The zero-order valence-electron chi connectivity index (χ0n) is 14.2. The lowest BCUT2D eigenvalue weighted by atomic mass is 10.2. The zero-order chi connectivity index (χ0) is 17.5. The van der Waals surface area contributed by atoms with E-state index < -0.39 is 0 Å². The van der Waals surface area contributed by atoms with E-state index in [1.165, 1.54) is 6.33 Å². The summed E-state index contributed by atoms with van der Waals surface area (Å²) in [6.07, 6.45) is 7.71. The van der Waals surface area contributed by atoms with E-state index in [1.54, 1.807) is 23.1 Å². The van der Waals surface area contributed by atoms with Gasteiger partial charge in [0, 0.05) is 31.6 Å². The second-order valence-electron chi connectivity index (χ2n) is 6.19. The van der Waals surface area contributed by atoms with Gasteiger partial charge in [0.2, 0.25) is 5.91 Å². The monoisotopic (exact) mass is 341 g/mol. The first kappa shape index (κ1) is 17.1. The fourth-order valence-electron chi connectivity index (χ4n) is 2.96. The SMILES string of the molecule is O=C(NCCCN1CCCCCC1=O)c1ccc(-n2cncn2)cc1. The van der Waals surface area contributed by atoms with Gasteiger partial charge in [0.1, 0.15) is 12.7 Å². The van der Waals surface area contributed by atoms with Gasteiger partial charge in [-0.15, -0.1) is 0 Å². The molecule has 1 aliphatic heterocycles. The lowest BCUT2D eigenvalue weighted by Gasteiger charge is -2.20. The largest absolute Gasteiger partial charge is 0.352 e. The first-order valence-corrected chi connectivity index (χ1v) is 8.75. The highest BCUT2D eigenvalue weighted by Gasteiger charge is 2.15. The first-order valence-electron chi connectivity index (χ1n) is 8.75. The molecule has 0 aliphatic carbocycles. The van der Waals surface area contributed by atoms with E-state index in [0.29, 0.717) is 25.1 Å². The highest BCUT2D eigenvalue weighted by molar-refractivity contribution is 5.94. The smallest absolute Gasteiger partial charge is 0.251 e. The molecule has 0 spiro atoms. The van der Waals surface area contributed by atoms with Crippen LogP contribution in [0.5, 0.6) is 0 Å². The van der Waals surface area contributed by atoms with Gasteiger partial charge in [-0.05, 0) is 43.5 Å². The molecule has 132 valence electrons. The van der Waals surface area contributed by atoms with Crippen molar-refractivity contribution < 1.29 is 9.59 Å². The molecular formula is C18H23N5O2. The summed E-state index contributed by atoms with van der Waals surface area (Å²) >= 11 is 0. The maximum Gasteiger partial charge on any atom is 0.251 e. The molecule has 2 heterocycles. The molecule has 2 aromatic rings. The fourth-order valence-corrected chi connectivity index (χ4v) is 2.96. The molecule has 0 saturated carbocycles. The van der Waals surface area contributed by atoms with Crippen LogP contribution in [0.1, 0.15) is 42.5 Å². The van der Waals surface area contributed by atoms with E-state index in [9.17, 15) is 9.59 Å². The second kappa shape index (κ2) is 8.41. The predicted molar refractivity (Wildman–Crippen MR) is 93.4 cm³/mol. The van der Waals surface area contributed by atoms with Crippen LogP contribution in [0.15, 0.2) is 36.9 Å². The Morgan fingerprint density at radius 1 is 1.16 bits per heavy atom. The molecule has 25 heavy (non-hydrogen) atoms. The quantitative estimate of drug-likeness (QED) is 0.812. The number of rotatable bonds is 6. The van der Waals surface area contributed by atoms with Crippen molar-refractivity contribution in [2.24, 2.45) is 0 Å². The summed E-state index contributed by atoms with van der Waals surface area (Å²) in [4.78, 5) is 29.9. The van der Waals surface area contributed by atoms with Crippen LogP contribution in [-0.4, -0.2) is 51.1 Å². The number of benzene rings is 1. The van der Waals surface area contributed by atoms with Gasteiger partial charge in [-0.1, -0.05) is 6.42 Å². The molecule has 0 atom stereocenters. The van der Waals surface area contributed by atoms with Crippen LogP contribution >= 0.6 is 0 Å². The highest BCUT2D eigenvalue weighted by atomic mass is 16.2. The summed E-state index contributed by atoms with van der Waals surface area (Å²) in [7, 11) is 0. The van der Waals surface area contributed by atoms with Crippen LogP contribution in [0.4, 0.5) is 0 Å². The molecule has 7 heteroatoms. The fraction of sp³-hybridized carbons (Fsp3) is 0.444. The van der Waals surface area contributed by atoms with Crippen LogP contribution in [0.25, 0.3) is 5.69 Å². The molecule has 1 aromatic carbocycles.